The second-order valence-corrected chi connectivity index (χ2v) is 4.48. The number of aryl methyl sites for hydroxylation is 1. The van der Waals surface area contributed by atoms with Crippen LogP contribution in [0, 0.1) is 0 Å². The molecule has 1 aliphatic rings. The first-order valence-electron chi connectivity index (χ1n) is 6.34. The molecule has 1 heterocycles. The quantitative estimate of drug-likeness (QED) is 0.893. The van der Waals surface area contributed by atoms with Crippen molar-refractivity contribution in [3.8, 4) is 0 Å². The van der Waals surface area contributed by atoms with E-state index in [2.05, 4.69) is 17.5 Å². The van der Waals surface area contributed by atoms with Gasteiger partial charge in [0, 0.05) is 25.6 Å². The number of amides is 2. The molecule has 2 rings (SSSR count). The van der Waals surface area contributed by atoms with Crippen LogP contribution >= 0.6 is 0 Å². The molecule has 0 bridgehead atoms. The molecular formula is C14H17N3O2. The standard InChI is InChI=1S/C14H17N3O2/c1-3-10-4-6-11(7-5-10)17(2)14(19)12-8-9-13(18)16-15-12/h4-7H,3,8-9H2,1-2H3,(H,16,18). The number of hydrogen-bond acceptors (Lipinski definition) is 3. The Bertz CT molecular complexity index is 520. The number of rotatable bonds is 3. The minimum Gasteiger partial charge on any atom is -0.310 e. The van der Waals surface area contributed by atoms with E-state index in [1.54, 1.807) is 11.9 Å². The van der Waals surface area contributed by atoms with Crippen molar-refractivity contribution in [3.05, 3.63) is 29.8 Å². The SMILES string of the molecule is CCc1ccc(N(C)C(=O)C2=NNC(=O)CC2)cc1. The van der Waals surface area contributed by atoms with Crippen LogP contribution in [0.15, 0.2) is 29.4 Å². The summed E-state index contributed by atoms with van der Waals surface area (Å²) in [6.07, 6.45) is 1.67. The second kappa shape index (κ2) is 5.65. The summed E-state index contributed by atoms with van der Waals surface area (Å²) in [7, 11) is 1.71. The molecule has 0 saturated heterocycles. The lowest BCUT2D eigenvalue weighted by atomic mass is 10.1. The zero-order valence-electron chi connectivity index (χ0n) is 11.1. The highest BCUT2D eigenvalue weighted by molar-refractivity contribution is 6.44. The molecule has 2 amide bonds. The molecule has 0 atom stereocenters. The molecule has 0 aromatic heterocycles. The van der Waals surface area contributed by atoms with Crippen molar-refractivity contribution in [3.63, 3.8) is 0 Å². The average Bonchev–Trinajstić information content (AvgIpc) is 2.46. The summed E-state index contributed by atoms with van der Waals surface area (Å²) >= 11 is 0. The third-order valence-corrected chi connectivity index (χ3v) is 3.19. The van der Waals surface area contributed by atoms with Crippen molar-refractivity contribution in [2.45, 2.75) is 26.2 Å². The molecule has 0 unspecified atom stereocenters. The predicted molar refractivity (Wildman–Crippen MR) is 74.0 cm³/mol. The van der Waals surface area contributed by atoms with Gasteiger partial charge in [-0.15, -0.1) is 0 Å². The van der Waals surface area contributed by atoms with E-state index >= 15 is 0 Å². The van der Waals surface area contributed by atoms with Gasteiger partial charge in [0.2, 0.25) is 5.91 Å². The lowest BCUT2D eigenvalue weighted by Gasteiger charge is -2.20. The van der Waals surface area contributed by atoms with Gasteiger partial charge in [-0.1, -0.05) is 19.1 Å². The molecular weight excluding hydrogens is 242 g/mol. The molecule has 5 nitrogen and oxygen atoms in total. The van der Waals surface area contributed by atoms with E-state index in [1.165, 1.54) is 5.56 Å². The Kier molecular flexibility index (Phi) is 3.94. The maximum Gasteiger partial charge on any atom is 0.274 e. The lowest BCUT2D eigenvalue weighted by Crippen LogP contribution is -2.38. The molecule has 1 aromatic carbocycles. The lowest BCUT2D eigenvalue weighted by molar-refractivity contribution is -0.121. The topological polar surface area (TPSA) is 61.8 Å². The first-order valence-corrected chi connectivity index (χ1v) is 6.34. The summed E-state index contributed by atoms with van der Waals surface area (Å²) in [5, 5.41) is 3.82. The van der Waals surface area contributed by atoms with Crippen LogP contribution < -0.4 is 10.3 Å². The zero-order valence-corrected chi connectivity index (χ0v) is 11.1. The van der Waals surface area contributed by atoms with Crippen LogP contribution in [-0.2, 0) is 16.0 Å². The van der Waals surface area contributed by atoms with Crippen LogP contribution in [0.1, 0.15) is 25.3 Å². The minimum atomic E-state index is -0.177. The molecule has 0 radical (unpaired) electrons. The summed E-state index contributed by atoms with van der Waals surface area (Å²) in [6, 6.07) is 7.84. The Morgan fingerprint density at radius 2 is 2.00 bits per heavy atom. The summed E-state index contributed by atoms with van der Waals surface area (Å²) in [5.74, 6) is -0.323. The molecule has 1 N–H and O–H groups in total. The Labute approximate surface area is 112 Å². The minimum absolute atomic E-state index is 0.147. The summed E-state index contributed by atoms with van der Waals surface area (Å²) in [5.41, 5.74) is 4.78. The fourth-order valence-corrected chi connectivity index (χ4v) is 1.89. The number of benzene rings is 1. The summed E-state index contributed by atoms with van der Waals surface area (Å²) in [4.78, 5) is 24.8. The van der Waals surface area contributed by atoms with Crippen molar-refractivity contribution in [1.82, 2.24) is 5.43 Å². The maximum absolute atomic E-state index is 12.2. The molecule has 0 spiro atoms. The fourth-order valence-electron chi connectivity index (χ4n) is 1.89. The van der Waals surface area contributed by atoms with Crippen molar-refractivity contribution >= 4 is 23.2 Å². The fraction of sp³-hybridized carbons (Fsp3) is 0.357. The second-order valence-electron chi connectivity index (χ2n) is 4.48. The Balaban J connectivity index is 2.12. The summed E-state index contributed by atoms with van der Waals surface area (Å²) in [6.45, 7) is 2.09. The van der Waals surface area contributed by atoms with Gasteiger partial charge in [-0.2, -0.15) is 5.10 Å². The van der Waals surface area contributed by atoms with Crippen molar-refractivity contribution < 1.29 is 9.59 Å². The third kappa shape index (κ3) is 2.99. The van der Waals surface area contributed by atoms with E-state index in [-0.39, 0.29) is 11.8 Å². The van der Waals surface area contributed by atoms with E-state index in [9.17, 15) is 9.59 Å². The van der Waals surface area contributed by atoms with Crippen LogP contribution in [0.25, 0.3) is 0 Å². The van der Waals surface area contributed by atoms with Gasteiger partial charge in [-0.25, -0.2) is 5.43 Å². The molecule has 100 valence electrons. The van der Waals surface area contributed by atoms with E-state index in [0.717, 1.165) is 12.1 Å². The molecule has 5 heteroatoms. The molecule has 0 aliphatic carbocycles. The predicted octanol–water partition coefficient (Wildman–Crippen LogP) is 1.48. The molecule has 1 aliphatic heterocycles. The van der Waals surface area contributed by atoms with Gasteiger partial charge in [0.1, 0.15) is 5.71 Å². The number of carbonyl (C=O) groups is 2. The molecule has 1 aromatic rings. The van der Waals surface area contributed by atoms with Gasteiger partial charge in [-0.05, 0) is 24.1 Å². The number of anilines is 1. The van der Waals surface area contributed by atoms with E-state index in [4.69, 9.17) is 0 Å². The Hall–Kier alpha value is -2.17. The van der Waals surface area contributed by atoms with Gasteiger partial charge in [0.25, 0.3) is 5.91 Å². The van der Waals surface area contributed by atoms with Crippen LogP contribution in [0.3, 0.4) is 0 Å². The van der Waals surface area contributed by atoms with Crippen molar-refractivity contribution in [1.29, 1.82) is 0 Å². The maximum atomic E-state index is 12.2. The molecule has 0 saturated carbocycles. The number of nitrogens with zero attached hydrogens (tertiary/aromatic N) is 2. The van der Waals surface area contributed by atoms with E-state index in [0.29, 0.717) is 18.6 Å². The molecule has 19 heavy (non-hydrogen) atoms. The van der Waals surface area contributed by atoms with Crippen LogP contribution in [-0.4, -0.2) is 24.6 Å². The van der Waals surface area contributed by atoms with Gasteiger partial charge >= 0.3 is 0 Å². The first-order chi connectivity index (χ1) is 9.11. The Morgan fingerprint density at radius 3 is 2.53 bits per heavy atom. The smallest absolute Gasteiger partial charge is 0.274 e. The molecule has 0 fully saturated rings. The van der Waals surface area contributed by atoms with Gasteiger partial charge in [0.15, 0.2) is 0 Å². The number of hydrazone groups is 1. The van der Waals surface area contributed by atoms with Gasteiger partial charge in [0.05, 0.1) is 0 Å². The summed E-state index contributed by atoms with van der Waals surface area (Å²) < 4.78 is 0. The van der Waals surface area contributed by atoms with Crippen LogP contribution in [0.5, 0.6) is 0 Å². The largest absolute Gasteiger partial charge is 0.310 e. The van der Waals surface area contributed by atoms with Gasteiger partial charge < -0.3 is 4.90 Å². The highest BCUT2D eigenvalue weighted by Gasteiger charge is 2.22. The van der Waals surface area contributed by atoms with Crippen LogP contribution in [0.4, 0.5) is 5.69 Å². The number of nitrogens with one attached hydrogen (secondary N) is 1. The zero-order chi connectivity index (χ0) is 13.8. The normalized spacial score (nSPS) is 14.6. The number of hydrogen-bond donors (Lipinski definition) is 1. The van der Waals surface area contributed by atoms with Crippen molar-refractivity contribution in [2.75, 3.05) is 11.9 Å². The van der Waals surface area contributed by atoms with Gasteiger partial charge in [-0.3, -0.25) is 9.59 Å². The van der Waals surface area contributed by atoms with Crippen LogP contribution in [0.2, 0.25) is 0 Å². The first kappa shape index (κ1) is 13.3. The number of carbonyl (C=O) groups excluding carboxylic acids is 2. The van der Waals surface area contributed by atoms with E-state index in [1.807, 2.05) is 24.3 Å². The highest BCUT2D eigenvalue weighted by atomic mass is 16.2. The Morgan fingerprint density at radius 1 is 1.32 bits per heavy atom. The monoisotopic (exact) mass is 259 g/mol. The average molecular weight is 259 g/mol. The third-order valence-electron chi connectivity index (χ3n) is 3.19. The van der Waals surface area contributed by atoms with E-state index < -0.39 is 0 Å². The van der Waals surface area contributed by atoms with Crippen molar-refractivity contribution in [2.24, 2.45) is 5.10 Å². The highest BCUT2D eigenvalue weighted by Crippen LogP contribution is 2.15.